The molecule has 0 bridgehead atoms. The molecule has 0 aliphatic heterocycles. The van der Waals surface area contributed by atoms with E-state index in [1.54, 1.807) is 79.3 Å². The Morgan fingerprint density at radius 2 is 1.03 bits per heavy atom. The van der Waals surface area contributed by atoms with E-state index in [0.717, 1.165) is 23.3 Å². The number of halogens is 6. The predicted molar refractivity (Wildman–Crippen MR) is 266 cm³/mol. The van der Waals surface area contributed by atoms with E-state index in [-0.39, 0.29) is 42.6 Å². The lowest BCUT2D eigenvalue weighted by atomic mass is 9.94. The summed E-state index contributed by atoms with van der Waals surface area (Å²) in [7, 11) is 4.91. The van der Waals surface area contributed by atoms with Gasteiger partial charge in [-0.15, -0.1) is 0 Å². The molecule has 2 heterocycles. The van der Waals surface area contributed by atoms with Crippen molar-refractivity contribution < 1.29 is 59.9 Å². The molecule has 0 fully saturated rings. The minimum atomic E-state index is -4.50. The van der Waals surface area contributed by atoms with Crippen molar-refractivity contribution in [1.82, 2.24) is 30.1 Å². The number of rotatable bonds is 16. The average Bonchev–Trinajstić information content (AvgIpc) is 4.06. The molecule has 0 radical (unpaired) electrons. The molecular formula is C55H52F6N6O7. The van der Waals surface area contributed by atoms with Crippen molar-refractivity contribution >= 4 is 11.9 Å². The Morgan fingerprint density at radius 3 is 1.54 bits per heavy atom. The molecule has 0 aliphatic rings. The van der Waals surface area contributed by atoms with Gasteiger partial charge in [0.25, 0.3) is 11.8 Å². The van der Waals surface area contributed by atoms with Crippen LogP contribution in [0.2, 0.25) is 0 Å². The Morgan fingerprint density at radius 1 is 0.554 bits per heavy atom. The van der Waals surface area contributed by atoms with Crippen LogP contribution in [0.4, 0.5) is 26.3 Å². The Kier molecular flexibility index (Phi) is 18.4. The molecule has 386 valence electrons. The molecule has 19 heteroatoms. The van der Waals surface area contributed by atoms with Gasteiger partial charge in [-0.25, -0.2) is 0 Å². The van der Waals surface area contributed by atoms with Crippen molar-refractivity contribution in [3.8, 4) is 67.9 Å². The Labute approximate surface area is 422 Å². The summed E-state index contributed by atoms with van der Waals surface area (Å²) in [4.78, 5) is 34.0. The van der Waals surface area contributed by atoms with Crippen LogP contribution in [-0.2, 0) is 46.4 Å². The van der Waals surface area contributed by atoms with Crippen LogP contribution in [0.3, 0.4) is 0 Å². The van der Waals surface area contributed by atoms with E-state index in [2.05, 4.69) is 20.3 Å². The van der Waals surface area contributed by atoms with E-state index in [9.17, 15) is 35.9 Å². The fourth-order valence-corrected chi connectivity index (χ4v) is 7.97. The van der Waals surface area contributed by atoms with Gasteiger partial charge >= 0.3 is 24.3 Å². The zero-order valence-corrected chi connectivity index (χ0v) is 41.1. The number of aryl methyl sites for hydroxylation is 1. The van der Waals surface area contributed by atoms with Gasteiger partial charge in [0.2, 0.25) is 11.6 Å². The third kappa shape index (κ3) is 14.4. The van der Waals surface area contributed by atoms with E-state index in [1.165, 1.54) is 31.4 Å². The van der Waals surface area contributed by atoms with Crippen LogP contribution >= 0.6 is 0 Å². The second-order valence-corrected chi connectivity index (χ2v) is 16.8. The van der Waals surface area contributed by atoms with Gasteiger partial charge in [0, 0.05) is 42.5 Å². The minimum Gasteiger partial charge on any atom is -0.480 e. The lowest BCUT2D eigenvalue weighted by Gasteiger charge is -2.16. The van der Waals surface area contributed by atoms with E-state index in [1.807, 2.05) is 62.4 Å². The first kappa shape index (κ1) is 55.3. The first-order valence-electron chi connectivity index (χ1n) is 23.0. The van der Waals surface area contributed by atoms with Gasteiger partial charge in [0.05, 0.1) is 30.8 Å². The van der Waals surface area contributed by atoms with E-state index in [0.29, 0.717) is 69.2 Å². The van der Waals surface area contributed by atoms with Crippen LogP contribution in [0, 0.1) is 6.92 Å². The fourth-order valence-electron chi connectivity index (χ4n) is 7.97. The molecule has 74 heavy (non-hydrogen) atoms. The van der Waals surface area contributed by atoms with Gasteiger partial charge in [0.15, 0.2) is 0 Å². The van der Waals surface area contributed by atoms with Gasteiger partial charge in [-0.05, 0) is 108 Å². The number of likely N-dealkylation sites (N-methyl/N-ethyl adjacent to an activating group) is 2. The van der Waals surface area contributed by atoms with Crippen LogP contribution in [0.1, 0.15) is 47.2 Å². The number of carboxylic acid groups (broad SMARTS) is 2. The van der Waals surface area contributed by atoms with Crippen molar-refractivity contribution in [1.29, 1.82) is 0 Å². The molecule has 2 N–H and O–H groups in total. The summed E-state index contributed by atoms with van der Waals surface area (Å²) >= 11 is 0. The molecule has 13 nitrogen and oxygen atoms in total. The normalized spacial score (nSPS) is 11.5. The number of alkyl halides is 6. The third-order valence-corrected chi connectivity index (χ3v) is 11.1. The summed E-state index contributed by atoms with van der Waals surface area (Å²) in [5.41, 5.74) is 5.18. The number of carbonyl (C=O) groups is 2. The molecule has 2 aromatic heterocycles. The molecule has 0 saturated carbocycles. The topological polar surface area (TPSA) is 168 Å². The van der Waals surface area contributed by atoms with Crippen LogP contribution < -0.4 is 0 Å². The highest BCUT2D eigenvalue weighted by Gasteiger charge is 2.35. The van der Waals surface area contributed by atoms with Gasteiger partial charge in [-0.1, -0.05) is 115 Å². The molecule has 0 atom stereocenters. The summed E-state index contributed by atoms with van der Waals surface area (Å²) in [6, 6.07) is 35.5. The van der Waals surface area contributed by atoms with Crippen molar-refractivity contribution in [2.45, 2.75) is 52.8 Å². The molecule has 0 aliphatic carbocycles. The van der Waals surface area contributed by atoms with E-state index >= 15 is 0 Å². The van der Waals surface area contributed by atoms with Crippen molar-refractivity contribution in [2.24, 2.45) is 0 Å². The molecule has 0 saturated heterocycles. The second kappa shape index (κ2) is 24.6. The maximum atomic E-state index is 13.6. The highest BCUT2D eigenvalue weighted by atomic mass is 19.4. The maximum Gasteiger partial charge on any atom is 0.417 e. The third-order valence-electron chi connectivity index (χ3n) is 11.1. The number of ether oxygens (including phenoxy) is 1. The number of hydrogen-bond donors (Lipinski definition) is 2. The number of aromatic nitrogens is 4. The number of hydrogen-bond acceptors (Lipinski definition) is 11. The van der Waals surface area contributed by atoms with E-state index < -0.39 is 35.4 Å². The molecule has 0 amide bonds. The fraction of sp³-hybridized carbons (Fsp3) is 0.236. The Hall–Kier alpha value is -8.00. The zero-order chi connectivity index (χ0) is 53.7. The first-order chi connectivity index (χ1) is 35.3. The van der Waals surface area contributed by atoms with Crippen LogP contribution in [0.25, 0.3) is 67.9 Å². The monoisotopic (exact) mass is 1020 g/mol. The van der Waals surface area contributed by atoms with Crippen LogP contribution in [0.15, 0.2) is 143 Å². The lowest BCUT2D eigenvalue weighted by molar-refractivity contribution is -0.139. The number of benzene rings is 6. The van der Waals surface area contributed by atoms with Crippen molar-refractivity contribution in [3.63, 3.8) is 0 Å². The van der Waals surface area contributed by atoms with Gasteiger partial charge < -0.3 is 24.0 Å². The summed E-state index contributed by atoms with van der Waals surface area (Å²) < 4.78 is 97.3. The highest BCUT2D eigenvalue weighted by molar-refractivity contribution is 5.76. The smallest absolute Gasteiger partial charge is 0.417 e. The highest BCUT2D eigenvalue weighted by Crippen LogP contribution is 2.41. The molecule has 8 aromatic rings. The second-order valence-electron chi connectivity index (χ2n) is 16.8. The summed E-state index contributed by atoms with van der Waals surface area (Å²) in [5.74, 6) is -0.646. The average molecular weight is 1020 g/mol. The predicted octanol–water partition coefficient (Wildman–Crippen LogP) is 12.7. The quantitative estimate of drug-likeness (QED) is 0.0878. The van der Waals surface area contributed by atoms with Crippen molar-refractivity contribution in [3.05, 3.63) is 167 Å². The van der Waals surface area contributed by atoms with Gasteiger partial charge in [-0.2, -0.15) is 36.3 Å². The van der Waals surface area contributed by atoms with Gasteiger partial charge in [-0.3, -0.25) is 19.4 Å². The number of carboxylic acids is 2. The van der Waals surface area contributed by atoms with Crippen LogP contribution in [-0.4, -0.2) is 86.5 Å². The van der Waals surface area contributed by atoms with Gasteiger partial charge in [0.1, 0.15) is 0 Å². The first-order valence-corrected chi connectivity index (χ1v) is 23.0. The molecule has 8 rings (SSSR count). The standard InChI is InChI=1S/C27H24F3N3O4.C26H22F3N3O3.C2H6/c1-33(15-24(34)35)14-17-7-9-18(10-8-17)25-31-26(37-32-25)19-11-12-21(20(13-19)16-36-2)22-5-3-4-6-23(22)27(28,29)30;1-16-12-19(10-11-20(16)21-8-3-4-9-22(21)26(27,28)29)25-30-24(31-35-25)18-7-5-6-17(13-18)14-32(2)15-23(33)34;1-2/h3-13H,14-16H2,1-2H3,(H,34,35);3-13H,14-15H2,1-2H3,(H,33,34);1-2H3. The SMILES string of the molecule is CC.COCc1cc(-c2nc(-c3ccc(CN(C)CC(=O)O)cc3)no2)ccc1-c1ccccc1C(F)(F)F.Cc1cc(-c2nc(-c3cccc(CN(C)CC(=O)O)c3)no2)ccc1-c1ccccc1C(F)(F)F. The van der Waals surface area contributed by atoms with E-state index in [4.69, 9.17) is 24.0 Å². The number of aliphatic carboxylic acids is 2. The molecular weight excluding hydrogens is 971 g/mol. The maximum absolute atomic E-state index is 13.6. The number of nitrogens with zero attached hydrogens (tertiary/aromatic N) is 6. The minimum absolute atomic E-state index is 0.0638. The molecule has 6 aromatic carbocycles. The summed E-state index contributed by atoms with van der Waals surface area (Å²) in [6.07, 6.45) is -8.96. The Bertz CT molecular complexity index is 3170. The largest absolute Gasteiger partial charge is 0.480 e. The molecule has 0 unspecified atom stereocenters. The Balaban J connectivity index is 0.000000234. The lowest BCUT2D eigenvalue weighted by Crippen LogP contribution is -2.25. The number of methoxy groups -OCH3 is 1. The van der Waals surface area contributed by atoms with Crippen LogP contribution in [0.5, 0.6) is 0 Å². The van der Waals surface area contributed by atoms with Crippen molar-refractivity contribution in [2.75, 3.05) is 34.3 Å². The summed E-state index contributed by atoms with van der Waals surface area (Å²) in [5, 5.41) is 25.9. The molecule has 0 spiro atoms. The zero-order valence-electron chi connectivity index (χ0n) is 41.1. The summed E-state index contributed by atoms with van der Waals surface area (Å²) in [6.45, 7) is 6.58.